The predicted molar refractivity (Wildman–Crippen MR) is 131 cm³/mol. The number of benzene rings is 1. The molecule has 0 spiro atoms. The van der Waals surface area contributed by atoms with Gasteiger partial charge in [0.05, 0.1) is 13.2 Å². The van der Waals surface area contributed by atoms with Gasteiger partial charge in [0.1, 0.15) is 12.4 Å². The summed E-state index contributed by atoms with van der Waals surface area (Å²) in [6.07, 6.45) is 6.75. The number of aliphatic imine (C=N–C) groups is 1. The predicted octanol–water partition coefficient (Wildman–Crippen LogP) is 2.72. The summed E-state index contributed by atoms with van der Waals surface area (Å²) in [6, 6.07) is 9.57. The Balaban J connectivity index is 1.46. The van der Waals surface area contributed by atoms with Crippen LogP contribution in [0.15, 0.2) is 29.3 Å². The van der Waals surface area contributed by atoms with E-state index in [1.54, 1.807) is 7.11 Å². The number of guanidine groups is 1. The van der Waals surface area contributed by atoms with Gasteiger partial charge in [-0.1, -0.05) is 25.0 Å². The van der Waals surface area contributed by atoms with Gasteiger partial charge in [0.15, 0.2) is 5.96 Å². The smallest absolute Gasteiger partial charge is 0.191 e. The number of methoxy groups -OCH3 is 1. The lowest BCUT2D eigenvalue weighted by molar-refractivity contribution is 0.150. The SMILES string of the molecule is CCNC(=NCc1cccc(OCCN(C)CCOC)c1)NC1CCN(C2CCCC2)C1. The van der Waals surface area contributed by atoms with E-state index in [0.717, 1.165) is 56.1 Å². The molecule has 1 heterocycles. The van der Waals surface area contributed by atoms with Crippen molar-refractivity contribution in [3.63, 3.8) is 0 Å². The topological polar surface area (TPSA) is 61.4 Å². The van der Waals surface area contributed by atoms with Crippen LogP contribution in [0.5, 0.6) is 5.75 Å². The second-order valence-corrected chi connectivity index (χ2v) is 9.05. The third kappa shape index (κ3) is 8.26. The van der Waals surface area contributed by atoms with Gasteiger partial charge in [-0.05, 0) is 50.9 Å². The molecule has 32 heavy (non-hydrogen) atoms. The van der Waals surface area contributed by atoms with Gasteiger partial charge < -0.3 is 25.0 Å². The van der Waals surface area contributed by atoms with Gasteiger partial charge in [-0.15, -0.1) is 0 Å². The summed E-state index contributed by atoms with van der Waals surface area (Å²) in [4.78, 5) is 9.74. The molecule has 7 heteroatoms. The zero-order chi connectivity index (χ0) is 22.6. The maximum atomic E-state index is 5.95. The van der Waals surface area contributed by atoms with Crippen molar-refractivity contribution in [1.29, 1.82) is 0 Å². The van der Waals surface area contributed by atoms with E-state index in [-0.39, 0.29) is 0 Å². The molecule has 1 unspecified atom stereocenters. The first kappa shape index (κ1) is 24.8. The van der Waals surface area contributed by atoms with Crippen molar-refractivity contribution >= 4 is 5.96 Å². The average Bonchev–Trinajstić information content (AvgIpc) is 3.49. The molecule has 180 valence electrons. The highest BCUT2D eigenvalue weighted by Gasteiger charge is 2.30. The summed E-state index contributed by atoms with van der Waals surface area (Å²) in [6.45, 7) is 9.16. The molecule has 2 fully saturated rings. The maximum Gasteiger partial charge on any atom is 0.191 e. The summed E-state index contributed by atoms with van der Waals surface area (Å²) in [5, 5.41) is 7.08. The molecule has 0 aromatic heterocycles. The van der Waals surface area contributed by atoms with E-state index < -0.39 is 0 Å². The zero-order valence-corrected chi connectivity index (χ0v) is 20.3. The summed E-state index contributed by atoms with van der Waals surface area (Å²) < 4.78 is 11.1. The quantitative estimate of drug-likeness (QED) is 0.381. The first-order chi connectivity index (χ1) is 15.7. The van der Waals surface area contributed by atoms with Crippen LogP contribution in [-0.2, 0) is 11.3 Å². The number of likely N-dealkylation sites (tertiary alicyclic amines) is 1. The van der Waals surface area contributed by atoms with Crippen molar-refractivity contribution < 1.29 is 9.47 Å². The Bertz CT molecular complexity index is 693. The fraction of sp³-hybridized carbons (Fsp3) is 0.720. The van der Waals surface area contributed by atoms with Gasteiger partial charge in [0, 0.05) is 51.9 Å². The standard InChI is InChI=1S/C25H43N5O2/c1-4-26-25(28-22-12-13-30(20-22)23-9-5-6-10-23)27-19-21-8-7-11-24(18-21)32-17-15-29(2)14-16-31-3/h7-8,11,18,22-23H,4-6,9-10,12-17,19-20H2,1-3H3,(H2,26,27,28). The van der Waals surface area contributed by atoms with Crippen LogP contribution in [0.1, 0.15) is 44.6 Å². The molecule has 2 aliphatic rings. The summed E-state index contributed by atoms with van der Waals surface area (Å²) in [5.41, 5.74) is 1.16. The van der Waals surface area contributed by atoms with Crippen LogP contribution in [0.3, 0.4) is 0 Å². The van der Waals surface area contributed by atoms with Gasteiger partial charge in [0.2, 0.25) is 0 Å². The monoisotopic (exact) mass is 445 g/mol. The van der Waals surface area contributed by atoms with Crippen LogP contribution in [-0.4, -0.2) is 87.9 Å². The van der Waals surface area contributed by atoms with E-state index in [9.17, 15) is 0 Å². The van der Waals surface area contributed by atoms with E-state index in [2.05, 4.69) is 46.5 Å². The molecule has 2 N–H and O–H groups in total. The minimum absolute atomic E-state index is 0.484. The van der Waals surface area contributed by atoms with E-state index in [1.165, 1.54) is 38.6 Å². The molecule has 0 bridgehead atoms. The Morgan fingerprint density at radius 2 is 2.00 bits per heavy atom. The summed E-state index contributed by atoms with van der Waals surface area (Å²) in [7, 11) is 3.81. The largest absolute Gasteiger partial charge is 0.492 e. The molecule has 1 saturated carbocycles. The van der Waals surface area contributed by atoms with Crippen molar-refractivity contribution in [3.8, 4) is 5.75 Å². The molecule has 0 radical (unpaired) electrons. The van der Waals surface area contributed by atoms with Gasteiger partial charge in [0.25, 0.3) is 0 Å². The zero-order valence-electron chi connectivity index (χ0n) is 20.3. The lowest BCUT2D eigenvalue weighted by Crippen LogP contribution is -2.45. The Kier molecular flexibility index (Phi) is 10.6. The Morgan fingerprint density at radius 1 is 1.19 bits per heavy atom. The van der Waals surface area contributed by atoms with Crippen LogP contribution in [0.4, 0.5) is 0 Å². The third-order valence-electron chi connectivity index (χ3n) is 6.48. The van der Waals surface area contributed by atoms with E-state index in [1.807, 2.05) is 12.1 Å². The lowest BCUT2D eigenvalue weighted by Gasteiger charge is -2.24. The number of hydrogen-bond donors (Lipinski definition) is 2. The van der Waals surface area contributed by atoms with Crippen molar-refractivity contribution in [2.24, 2.45) is 4.99 Å². The number of likely N-dealkylation sites (N-methyl/N-ethyl adjacent to an activating group) is 1. The second kappa shape index (κ2) is 13.7. The number of rotatable bonds is 12. The Labute approximate surface area is 194 Å². The summed E-state index contributed by atoms with van der Waals surface area (Å²) in [5.74, 6) is 1.82. The van der Waals surface area contributed by atoms with E-state index >= 15 is 0 Å². The highest BCUT2D eigenvalue weighted by molar-refractivity contribution is 5.80. The maximum absolute atomic E-state index is 5.95. The van der Waals surface area contributed by atoms with Gasteiger partial charge in [-0.25, -0.2) is 4.99 Å². The lowest BCUT2D eigenvalue weighted by atomic mass is 10.2. The Morgan fingerprint density at radius 3 is 2.78 bits per heavy atom. The minimum Gasteiger partial charge on any atom is -0.492 e. The number of nitrogens with one attached hydrogen (secondary N) is 2. The van der Waals surface area contributed by atoms with Crippen LogP contribution < -0.4 is 15.4 Å². The molecule has 1 aliphatic heterocycles. The number of hydrogen-bond acceptors (Lipinski definition) is 5. The number of nitrogens with zero attached hydrogens (tertiary/aromatic N) is 3. The van der Waals surface area contributed by atoms with Gasteiger partial charge in [-0.2, -0.15) is 0 Å². The molecule has 1 aliphatic carbocycles. The van der Waals surface area contributed by atoms with Crippen molar-refractivity contribution in [1.82, 2.24) is 20.4 Å². The summed E-state index contributed by atoms with van der Waals surface area (Å²) >= 11 is 0. The minimum atomic E-state index is 0.484. The highest BCUT2D eigenvalue weighted by Crippen LogP contribution is 2.26. The second-order valence-electron chi connectivity index (χ2n) is 9.05. The van der Waals surface area contributed by atoms with Crippen LogP contribution in [0.2, 0.25) is 0 Å². The first-order valence-corrected chi connectivity index (χ1v) is 12.4. The van der Waals surface area contributed by atoms with Crippen LogP contribution in [0.25, 0.3) is 0 Å². The molecular weight excluding hydrogens is 402 g/mol. The fourth-order valence-corrected chi connectivity index (χ4v) is 4.60. The molecule has 3 rings (SSSR count). The molecule has 7 nitrogen and oxygen atoms in total. The van der Waals surface area contributed by atoms with Crippen molar-refractivity contribution in [3.05, 3.63) is 29.8 Å². The van der Waals surface area contributed by atoms with Crippen molar-refractivity contribution in [2.45, 2.75) is 57.7 Å². The highest BCUT2D eigenvalue weighted by atomic mass is 16.5. The molecule has 1 atom stereocenters. The molecular formula is C25H43N5O2. The third-order valence-corrected chi connectivity index (χ3v) is 6.48. The fourth-order valence-electron chi connectivity index (χ4n) is 4.60. The average molecular weight is 446 g/mol. The first-order valence-electron chi connectivity index (χ1n) is 12.4. The normalized spacial score (nSPS) is 20.2. The van der Waals surface area contributed by atoms with Gasteiger partial charge in [-0.3, -0.25) is 4.90 Å². The van der Waals surface area contributed by atoms with Gasteiger partial charge >= 0.3 is 0 Å². The number of ether oxygens (including phenoxy) is 2. The molecule has 1 saturated heterocycles. The Hall–Kier alpha value is -1.83. The van der Waals surface area contributed by atoms with Crippen molar-refractivity contribution in [2.75, 3.05) is 60.1 Å². The molecule has 1 aromatic carbocycles. The molecule has 1 aromatic rings. The van der Waals surface area contributed by atoms with E-state index in [0.29, 0.717) is 19.2 Å². The van der Waals surface area contributed by atoms with Crippen LogP contribution in [0, 0.1) is 0 Å². The van der Waals surface area contributed by atoms with Crippen LogP contribution >= 0.6 is 0 Å². The van der Waals surface area contributed by atoms with E-state index in [4.69, 9.17) is 14.5 Å². The molecule has 0 amide bonds.